The van der Waals surface area contributed by atoms with Gasteiger partial charge in [-0.1, -0.05) is 26.8 Å². The van der Waals surface area contributed by atoms with Crippen LogP contribution >= 0.6 is 0 Å². The van der Waals surface area contributed by atoms with Gasteiger partial charge in [0.15, 0.2) is 13.9 Å². The van der Waals surface area contributed by atoms with E-state index in [1.807, 2.05) is 0 Å². The van der Waals surface area contributed by atoms with Crippen LogP contribution in [0.25, 0.3) is 0 Å². The third-order valence-electron chi connectivity index (χ3n) is 10.4. The maximum absolute atomic E-state index is 15.6. The molecule has 12 nitrogen and oxygen atoms in total. The minimum Gasteiger partial charge on any atom is -0.497 e. The average Bonchev–Trinajstić information content (AvgIpc) is 3.60. The number of anilines is 1. The first kappa shape index (κ1) is 39.2. The van der Waals surface area contributed by atoms with Crippen LogP contribution in [0.2, 0.25) is 18.1 Å². The molecule has 52 heavy (non-hydrogen) atoms. The van der Waals surface area contributed by atoms with Crippen LogP contribution in [0.4, 0.5) is 10.1 Å². The molecule has 2 heterocycles. The molecule has 0 radical (unpaired) electrons. The SMILES string of the molecule is COc1ccc(S(=O)(=O)N2C(=O)C(c3cc(CO[Si](C)(C)C(C)(C)C)ccc3OC)(N3C[C@H](O)C[C@H]3C(=O)N(C)C)c3cc(F)ccc32)c(OC)c1. The molecule has 15 heteroatoms. The molecule has 0 aliphatic carbocycles. The van der Waals surface area contributed by atoms with Crippen molar-refractivity contribution < 1.29 is 46.1 Å². The van der Waals surface area contributed by atoms with Gasteiger partial charge in [-0.2, -0.15) is 0 Å². The molecule has 1 fully saturated rings. The highest BCUT2D eigenvalue weighted by Crippen LogP contribution is 2.55. The minimum absolute atomic E-state index is 0.0417. The number of halogens is 1. The first-order chi connectivity index (χ1) is 24.3. The molecule has 0 saturated carbocycles. The van der Waals surface area contributed by atoms with Gasteiger partial charge in [-0.05, 0) is 72.6 Å². The van der Waals surface area contributed by atoms with Crippen LogP contribution in [0, 0.1) is 5.82 Å². The van der Waals surface area contributed by atoms with Crippen molar-refractivity contribution in [3.05, 3.63) is 77.1 Å². The van der Waals surface area contributed by atoms with E-state index >= 15 is 9.18 Å². The molecule has 1 unspecified atom stereocenters. The number of ether oxygens (including phenoxy) is 3. The summed E-state index contributed by atoms with van der Waals surface area (Å²) in [6, 6.07) is 11.5. The molecule has 2 aliphatic rings. The zero-order chi connectivity index (χ0) is 38.6. The summed E-state index contributed by atoms with van der Waals surface area (Å²) < 4.78 is 69.0. The number of aliphatic hydroxyl groups is 1. The van der Waals surface area contributed by atoms with Crippen LogP contribution in [0.3, 0.4) is 0 Å². The number of β-amino-alcohol motifs (C(OH)–C–C–N with tert-alkyl or cyclic N) is 1. The lowest BCUT2D eigenvalue weighted by atomic mass is 9.80. The Morgan fingerprint density at radius 2 is 1.65 bits per heavy atom. The van der Waals surface area contributed by atoms with Gasteiger partial charge in [0, 0.05) is 37.8 Å². The lowest BCUT2D eigenvalue weighted by Crippen LogP contribution is -2.59. The summed E-state index contributed by atoms with van der Waals surface area (Å²) >= 11 is 0. The quantitative estimate of drug-likeness (QED) is 0.270. The van der Waals surface area contributed by atoms with Gasteiger partial charge in [0.2, 0.25) is 5.91 Å². The van der Waals surface area contributed by atoms with E-state index in [0.717, 1.165) is 12.1 Å². The highest BCUT2D eigenvalue weighted by atomic mass is 32.2. The molecule has 282 valence electrons. The highest BCUT2D eigenvalue weighted by molar-refractivity contribution is 7.93. The number of hydrogen-bond donors (Lipinski definition) is 1. The fourth-order valence-corrected chi connectivity index (χ4v) is 9.25. The lowest BCUT2D eigenvalue weighted by molar-refractivity contribution is -0.138. The molecule has 1 N–H and O–H groups in total. The Labute approximate surface area is 306 Å². The van der Waals surface area contributed by atoms with Gasteiger partial charge in [-0.25, -0.2) is 17.1 Å². The van der Waals surface area contributed by atoms with Crippen LogP contribution in [0.1, 0.15) is 43.9 Å². The number of benzene rings is 3. The highest BCUT2D eigenvalue weighted by Gasteiger charge is 2.64. The minimum atomic E-state index is -4.80. The van der Waals surface area contributed by atoms with Gasteiger partial charge in [0.05, 0.1) is 45.8 Å². The molecular formula is C37H48FN3O9SSi. The van der Waals surface area contributed by atoms with Crippen molar-refractivity contribution in [1.82, 2.24) is 9.80 Å². The molecule has 3 atom stereocenters. The van der Waals surface area contributed by atoms with Crippen molar-refractivity contribution in [2.75, 3.05) is 46.3 Å². The number of methoxy groups -OCH3 is 3. The van der Waals surface area contributed by atoms with Gasteiger partial charge in [-0.15, -0.1) is 0 Å². The number of carbonyl (C=O) groups is 2. The van der Waals surface area contributed by atoms with E-state index in [4.69, 9.17) is 18.6 Å². The van der Waals surface area contributed by atoms with Crippen molar-refractivity contribution in [1.29, 1.82) is 0 Å². The molecule has 1 saturated heterocycles. The Hall–Kier alpha value is -4.02. The summed E-state index contributed by atoms with van der Waals surface area (Å²) in [5.74, 6) is -1.79. The molecule has 3 aromatic rings. The van der Waals surface area contributed by atoms with Crippen LogP contribution in [0.15, 0.2) is 59.5 Å². The van der Waals surface area contributed by atoms with E-state index in [-0.39, 0.29) is 57.8 Å². The van der Waals surface area contributed by atoms with Crippen LogP contribution in [0.5, 0.6) is 17.2 Å². The predicted molar refractivity (Wildman–Crippen MR) is 196 cm³/mol. The zero-order valence-electron chi connectivity index (χ0n) is 31.3. The van der Waals surface area contributed by atoms with Crippen LogP contribution in [-0.4, -0.2) is 97.6 Å². The molecule has 0 aromatic heterocycles. The summed E-state index contributed by atoms with van der Waals surface area (Å²) in [5.41, 5.74) is -1.56. The van der Waals surface area contributed by atoms with E-state index in [2.05, 4.69) is 33.9 Å². The average molecular weight is 758 g/mol. The number of rotatable bonds is 11. The van der Waals surface area contributed by atoms with Crippen molar-refractivity contribution in [2.45, 2.75) is 74.5 Å². The number of sulfonamides is 1. The standard InChI is InChI=1S/C37H48FN3O9SSi/c1-36(2,3)52(9,10)50-22-23-11-15-31(48-7)28(17-23)37(40-21-25(42)19-30(40)34(43)39(4)5)27-18-24(38)12-14-29(27)41(35(37)44)51(45,46)33-16-13-26(47-6)20-32(33)49-8/h11-18,20,25,30,42H,19,21-22H2,1-10H3/t25-,30+,37?/m1/s1. The molecule has 0 bridgehead atoms. The monoisotopic (exact) mass is 757 g/mol. The summed E-state index contributed by atoms with van der Waals surface area (Å²) in [6.07, 6.45) is -1.15. The summed E-state index contributed by atoms with van der Waals surface area (Å²) in [7, 11) is 0.147. The Morgan fingerprint density at radius 1 is 0.981 bits per heavy atom. The Balaban J connectivity index is 1.85. The molecule has 2 aliphatic heterocycles. The second kappa shape index (κ2) is 14.1. The Morgan fingerprint density at radius 3 is 2.25 bits per heavy atom. The number of carbonyl (C=O) groups excluding carboxylic acids is 2. The smallest absolute Gasteiger partial charge is 0.274 e. The molecule has 5 rings (SSSR count). The summed E-state index contributed by atoms with van der Waals surface area (Å²) in [6.45, 7) is 10.5. The fraction of sp³-hybridized carbons (Fsp3) is 0.459. The Kier molecular flexibility index (Phi) is 10.6. The first-order valence-electron chi connectivity index (χ1n) is 16.8. The van der Waals surface area contributed by atoms with E-state index in [9.17, 15) is 18.3 Å². The number of likely N-dealkylation sites (N-methyl/N-ethyl adjacent to an activating group) is 1. The number of amides is 2. The second-order valence-corrected chi connectivity index (χ2v) is 21.4. The number of nitrogens with zero attached hydrogens (tertiary/aromatic N) is 3. The fourth-order valence-electron chi connectivity index (χ4n) is 6.69. The van der Waals surface area contributed by atoms with Gasteiger partial charge >= 0.3 is 0 Å². The van der Waals surface area contributed by atoms with Gasteiger partial charge in [-0.3, -0.25) is 14.5 Å². The first-order valence-corrected chi connectivity index (χ1v) is 21.2. The maximum Gasteiger partial charge on any atom is 0.274 e. The lowest BCUT2D eigenvalue weighted by Gasteiger charge is -2.42. The Bertz CT molecular complexity index is 1980. The van der Waals surface area contributed by atoms with Crippen molar-refractivity contribution in [3.8, 4) is 17.2 Å². The maximum atomic E-state index is 15.6. The zero-order valence-corrected chi connectivity index (χ0v) is 33.1. The number of likely N-dealkylation sites (tertiary alicyclic amines) is 1. The van der Waals surface area contributed by atoms with Gasteiger partial charge in [0.25, 0.3) is 15.9 Å². The summed E-state index contributed by atoms with van der Waals surface area (Å²) in [4.78, 5) is 32.0. The third kappa shape index (κ3) is 6.46. The van der Waals surface area contributed by atoms with Gasteiger partial charge < -0.3 is 28.6 Å². The summed E-state index contributed by atoms with van der Waals surface area (Å²) in [5, 5.41) is 11.1. The normalized spacial score (nSPS) is 20.9. The largest absolute Gasteiger partial charge is 0.497 e. The van der Waals surface area contributed by atoms with E-state index < -0.39 is 53.7 Å². The second-order valence-electron chi connectivity index (χ2n) is 14.8. The number of hydrogen-bond acceptors (Lipinski definition) is 10. The van der Waals surface area contributed by atoms with Gasteiger partial charge in [0.1, 0.15) is 28.0 Å². The number of aliphatic hydroxyl groups excluding tert-OH is 1. The number of fused-ring (bicyclic) bond motifs is 1. The van der Waals surface area contributed by atoms with E-state index in [0.29, 0.717) is 15.6 Å². The molecular weight excluding hydrogens is 710 g/mol. The van der Waals surface area contributed by atoms with Crippen molar-refractivity contribution >= 4 is 35.8 Å². The van der Waals surface area contributed by atoms with E-state index in [1.165, 1.54) is 55.4 Å². The molecule has 3 aromatic carbocycles. The van der Waals surface area contributed by atoms with Crippen molar-refractivity contribution in [3.63, 3.8) is 0 Å². The third-order valence-corrected chi connectivity index (χ3v) is 16.7. The van der Waals surface area contributed by atoms with E-state index in [1.54, 1.807) is 32.3 Å². The molecule has 2 amide bonds. The topological polar surface area (TPSA) is 135 Å². The van der Waals surface area contributed by atoms with Crippen LogP contribution < -0.4 is 18.5 Å². The van der Waals surface area contributed by atoms with Crippen molar-refractivity contribution in [2.24, 2.45) is 0 Å². The van der Waals surface area contributed by atoms with Crippen LogP contribution in [-0.2, 0) is 36.2 Å². The predicted octanol–water partition coefficient (Wildman–Crippen LogP) is 4.88. The molecule has 0 spiro atoms.